The van der Waals surface area contributed by atoms with E-state index < -0.39 is 0 Å². The summed E-state index contributed by atoms with van der Waals surface area (Å²) in [4.78, 5) is 0. The average molecular weight is 288 g/mol. The molecule has 5 nitrogen and oxygen atoms in total. The van der Waals surface area contributed by atoms with Crippen LogP contribution < -0.4 is 10.1 Å². The molecule has 0 bridgehead atoms. The SMILES string of the molecule is CCCNCc1cccc(C)c1OCc1nnc(C)n1C. The highest BCUT2D eigenvalue weighted by Gasteiger charge is 2.10. The number of aryl methyl sites for hydroxylation is 2. The standard InChI is InChI=1S/C16H24N4O/c1-5-9-17-10-14-8-6-7-12(2)16(14)21-11-15-19-18-13(3)20(15)4/h6-8,17H,5,9-11H2,1-4H3. The molecule has 114 valence electrons. The van der Waals surface area contributed by atoms with Crippen LogP contribution >= 0.6 is 0 Å². The number of nitrogens with zero attached hydrogens (tertiary/aromatic N) is 3. The molecular weight excluding hydrogens is 264 g/mol. The molecule has 0 unspecified atom stereocenters. The highest BCUT2D eigenvalue weighted by molar-refractivity contribution is 5.40. The molecule has 0 fully saturated rings. The van der Waals surface area contributed by atoms with Gasteiger partial charge in [0.15, 0.2) is 5.82 Å². The fourth-order valence-corrected chi connectivity index (χ4v) is 2.17. The van der Waals surface area contributed by atoms with Crippen LogP contribution in [0.5, 0.6) is 5.75 Å². The Morgan fingerprint density at radius 1 is 1.24 bits per heavy atom. The molecule has 21 heavy (non-hydrogen) atoms. The molecule has 2 aromatic rings. The van der Waals surface area contributed by atoms with Gasteiger partial charge in [-0.1, -0.05) is 25.1 Å². The van der Waals surface area contributed by atoms with E-state index in [4.69, 9.17) is 4.74 Å². The maximum Gasteiger partial charge on any atom is 0.170 e. The first-order chi connectivity index (χ1) is 10.1. The van der Waals surface area contributed by atoms with Crippen molar-refractivity contribution in [2.24, 2.45) is 7.05 Å². The molecule has 0 saturated heterocycles. The fraction of sp³-hybridized carbons (Fsp3) is 0.500. The van der Waals surface area contributed by atoms with Crippen molar-refractivity contribution in [3.8, 4) is 5.75 Å². The number of nitrogens with one attached hydrogen (secondary N) is 1. The third kappa shape index (κ3) is 3.82. The highest BCUT2D eigenvalue weighted by atomic mass is 16.5. The molecule has 0 amide bonds. The lowest BCUT2D eigenvalue weighted by molar-refractivity contribution is 0.285. The molecule has 0 aliphatic rings. The van der Waals surface area contributed by atoms with Gasteiger partial charge in [-0.15, -0.1) is 10.2 Å². The Morgan fingerprint density at radius 3 is 2.71 bits per heavy atom. The van der Waals surface area contributed by atoms with Gasteiger partial charge in [-0.2, -0.15) is 0 Å². The van der Waals surface area contributed by atoms with E-state index in [-0.39, 0.29) is 0 Å². The van der Waals surface area contributed by atoms with Gasteiger partial charge in [0.25, 0.3) is 0 Å². The van der Waals surface area contributed by atoms with Gasteiger partial charge < -0.3 is 14.6 Å². The van der Waals surface area contributed by atoms with E-state index in [9.17, 15) is 0 Å². The van der Waals surface area contributed by atoms with Crippen molar-refractivity contribution < 1.29 is 4.74 Å². The summed E-state index contributed by atoms with van der Waals surface area (Å²) in [7, 11) is 1.95. The molecule has 0 atom stereocenters. The normalized spacial score (nSPS) is 10.9. The van der Waals surface area contributed by atoms with Crippen LogP contribution in [0.3, 0.4) is 0 Å². The predicted octanol–water partition coefficient (Wildman–Crippen LogP) is 2.51. The Labute approximate surface area is 126 Å². The van der Waals surface area contributed by atoms with E-state index in [0.717, 1.165) is 42.5 Å². The first-order valence-electron chi connectivity index (χ1n) is 7.40. The Kier molecular flexibility index (Phi) is 5.33. The lowest BCUT2D eigenvalue weighted by Crippen LogP contribution is -2.15. The molecule has 1 heterocycles. The van der Waals surface area contributed by atoms with Gasteiger partial charge in [0, 0.05) is 19.2 Å². The molecule has 2 rings (SSSR count). The smallest absolute Gasteiger partial charge is 0.170 e. The summed E-state index contributed by atoms with van der Waals surface area (Å²) in [6, 6.07) is 6.24. The van der Waals surface area contributed by atoms with Crippen molar-refractivity contribution >= 4 is 0 Å². The van der Waals surface area contributed by atoms with Crippen LogP contribution in [0, 0.1) is 13.8 Å². The van der Waals surface area contributed by atoms with Crippen molar-refractivity contribution in [3.05, 3.63) is 41.0 Å². The van der Waals surface area contributed by atoms with E-state index >= 15 is 0 Å². The maximum atomic E-state index is 6.02. The number of para-hydroxylation sites is 1. The van der Waals surface area contributed by atoms with Crippen LogP contribution in [0.25, 0.3) is 0 Å². The van der Waals surface area contributed by atoms with Crippen molar-refractivity contribution in [2.45, 2.75) is 40.3 Å². The van der Waals surface area contributed by atoms with Crippen molar-refractivity contribution in [3.63, 3.8) is 0 Å². The van der Waals surface area contributed by atoms with E-state index in [1.165, 1.54) is 5.56 Å². The van der Waals surface area contributed by atoms with Crippen LogP contribution in [0.1, 0.15) is 36.1 Å². The van der Waals surface area contributed by atoms with E-state index in [1.54, 1.807) is 0 Å². The summed E-state index contributed by atoms with van der Waals surface area (Å²) in [5, 5.41) is 11.6. The zero-order valence-electron chi connectivity index (χ0n) is 13.3. The number of aromatic nitrogens is 3. The molecule has 1 aromatic carbocycles. The summed E-state index contributed by atoms with van der Waals surface area (Å²) in [5.74, 6) is 2.67. The van der Waals surface area contributed by atoms with E-state index in [1.807, 2.05) is 18.5 Å². The number of benzene rings is 1. The Bertz CT molecular complexity index is 592. The number of rotatable bonds is 7. The summed E-state index contributed by atoms with van der Waals surface area (Å²) >= 11 is 0. The van der Waals surface area contributed by atoms with Gasteiger partial charge >= 0.3 is 0 Å². The second-order valence-corrected chi connectivity index (χ2v) is 5.25. The van der Waals surface area contributed by atoms with Gasteiger partial charge in [0.2, 0.25) is 0 Å². The van der Waals surface area contributed by atoms with Crippen LogP contribution in [-0.4, -0.2) is 21.3 Å². The van der Waals surface area contributed by atoms with Crippen molar-refractivity contribution in [1.82, 2.24) is 20.1 Å². The molecular formula is C16H24N4O. The minimum Gasteiger partial charge on any atom is -0.485 e. The zero-order chi connectivity index (χ0) is 15.2. The Morgan fingerprint density at radius 2 is 2.05 bits per heavy atom. The van der Waals surface area contributed by atoms with Crippen LogP contribution in [-0.2, 0) is 20.2 Å². The third-order valence-corrected chi connectivity index (χ3v) is 3.56. The summed E-state index contributed by atoms with van der Waals surface area (Å²) in [6.07, 6.45) is 1.13. The third-order valence-electron chi connectivity index (χ3n) is 3.56. The minimum atomic E-state index is 0.434. The Hall–Kier alpha value is -1.88. The minimum absolute atomic E-state index is 0.434. The predicted molar refractivity (Wildman–Crippen MR) is 83.2 cm³/mol. The van der Waals surface area contributed by atoms with Gasteiger partial charge in [0.1, 0.15) is 18.2 Å². The van der Waals surface area contributed by atoms with Crippen molar-refractivity contribution in [1.29, 1.82) is 0 Å². The quantitative estimate of drug-likeness (QED) is 0.795. The molecule has 1 N–H and O–H groups in total. The molecule has 0 spiro atoms. The molecule has 1 aromatic heterocycles. The average Bonchev–Trinajstić information content (AvgIpc) is 2.78. The number of ether oxygens (including phenoxy) is 1. The van der Waals surface area contributed by atoms with Gasteiger partial charge in [-0.05, 0) is 32.4 Å². The first kappa shape index (κ1) is 15.5. The number of hydrogen-bond donors (Lipinski definition) is 1. The topological polar surface area (TPSA) is 52.0 Å². The fourth-order valence-electron chi connectivity index (χ4n) is 2.17. The molecule has 0 aliphatic heterocycles. The van der Waals surface area contributed by atoms with Gasteiger partial charge in [0.05, 0.1) is 0 Å². The number of hydrogen-bond acceptors (Lipinski definition) is 4. The van der Waals surface area contributed by atoms with E-state index in [2.05, 4.69) is 47.6 Å². The monoisotopic (exact) mass is 288 g/mol. The maximum absolute atomic E-state index is 6.02. The largest absolute Gasteiger partial charge is 0.485 e. The molecule has 0 radical (unpaired) electrons. The zero-order valence-corrected chi connectivity index (χ0v) is 13.3. The van der Waals surface area contributed by atoms with Gasteiger partial charge in [-0.25, -0.2) is 0 Å². The second-order valence-electron chi connectivity index (χ2n) is 5.25. The first-order valence-corrected chi connectivity index (χ1v) is 7.40. The molecule has 0 aliphatic carbocycles. The van der Waals surface area contributed by atoms with Crippen molar-refractivity contribution in [2.75, 3.05) is 6.54 Å². The lowest BCUT2D eigenvalue weighted by Gasteiger charge is -2.14. The summed E-state index contributed by atoms with van der Waals surface area (Å²) in [5.41, 5.74) is 2.33. The highest BCUT2D eigenvalue weighted by Crippen LogP contribution is 2.24. The summed E-state index contributed by atoms with van der Waals surface area (Å²) in [6.45, 7) is 8.43. The molecule has 5 heteroatoms. The Balaban J connectivity index is 2.09. The van der Waals surface area contributed by atoms with Crippen LogP contribution in [0.2, 0.25) is 0 Å². The van der Waals surface area contributed by atoms with Crippen LogP contribution in [0.4, 0.5) is 0 Å². The second kappa shape index (κ2) is 7.22. The lowest BCUT2D eigenvalue weighted by atomic mass is 10.1. The van der Waals surface area contributed by atoms with E-state index in [0.29, 0.717) is 6.61 Å². The van der Waals surface area contributed by atoms with Gasteiger partial charge in [-0.3, -0.25) is 0 Å². The van der Waals surface area contributed by atoms with Crippen LogP contribution in [0.15, 0.2) is 18.2 Å². The summed E-state index contributed by atoms with van der Waals surface area (Å²) < 4.78 is 7.97. The molecule has 0 saturated carbocycles.